The van der Waals surface area contributed by atoms with Crippen molar-refractivity contribution in [3.63, 3.8) is 0 Å². The zero-order chi connectivity index (χ0) is 13.7. The Bertz CT molecular complexity index is 457. The molecular formula is C11H13F2N3O2. The zero-order valence-corrected chi connectivity index (χ0v) is 9.73. The third-order valence-corrected chi connectivity index (χ3v) is 2.36. The first kappa shape index (κ1) is 13.9. The van der Waals surface area contributed by atoms with E-state index in [9.17, 15) is 13.6 Å². The van der Waals surface area contributed by atoms with Gasteiger partial charge in [0.25, 0.3) is 5.91 Å². The lowest BCUT2D eigenvalue weighted by atomic mass is 10.1. The highest BCUT2D eigenvalue weighted by Crippen LogP contribution is 2.14. The Hall–Kier alpha value is -2.18. The fraction of sp³-hybridized carbons (Fsp3) is 0.273. The van der Waals surface area contributed by atoms with E-state index in [-0.39, 0.29) is 18.8 Å². The van der Waals surface area contributed by atoms with Crippen LogP contribution in [0.1, 0.15) is 16.8 Å². The highest BCUT2D eigenvalue weighted by molar-refractivity contribution is 5.94. The molecule has 0 aliphatic rings. The van der Waals surface area contributed by atoms with E-state index in [1.54, 1.807) is 0 Å². The Kier molecular flexibility index (Phi) is 4.59. The molecule has 0 saturated heterocycles. The van der Waals surface area contributed by atoms with Crippen LogP contribution in [0.3, 0.4) is 0 Å². The topological polar surface area (TPSA) is 78.9 Å². The Morgan fingerprint density at radius 3 is 2.50 bits per heavy atom. The van der Waals surface area contributed by atoms with Gasteiger partial charge in [0.2, 0.25) is 0 Å². The van der Waals surface area contributed by atoms with Gasteiger partial charge in [-0.3, -0.25) is 4.79 Å². The number of halogens is 2. The van der Waals surface area contributed by atoms with Crippen molar-refractivity contribution in [1.29, 1.82) is 0 Å². The molecule has 0 radical (unpaired) electrons. The maximum absolute atomic E-state index is 13.4. The summed E-state index contributed by atoms with van der Waals surface area (Å²) in [5.74, 6) is -2.70. The number of nitrogens with zero attached hydrogens (tertiary/aromatic N) is 2. The van der Waals surface area contributed by atoms with Gasteiger partial charge < -0.3 is 15.8 Å². The minimum atomic E-state index is -0.921. The van der Waals surface area contributed by atoms with E-state index in [2.05, 4.69) is 5.16 Å². The molecule has 0 bridgehead atoms. The monoisotopic (exact) mass is 257 g/mol. The number of hydrogen-bond donors (Lipinski definition) is 2. The predicted molar refractivity (Wildman–Crippen MR) is 61.3 cm³/mol. The van der Waals surface area contributed by atoms with Crippen LogP contribution in [-0.2, 0) is 0 Å². The number of amides is 1. The van der Waals surface area contributed by atoms with Gasteiger partial charge in [0.05, 0.1) is 0 Å². The molecule has 0 aliphatic heterocycles. The van der Waals surface area contributed by atoms with Crippen molar-refractivity contribution in [2.45, 2.75) is 6.42 Å². The van der Waals surface area contributed by atoms with E-state index < -0.39 is 23.1 Å². The number of hydrogen-bond acceptors (Lipinski definition) is 3. The summed E-state index contributed by atoms with van der Waals surface area (Å²) in [5.41, 5.74) is 4.62. The fourth-order valence-electron chi connectivity index (χ4n) is 1.33. The molecule has 0 heterocycles. The molecule has 0 atom stereocenters. The molecule has 1 aromatic rings. The highest BCUT2D eigenvalue weighted by atomic mass is 19.1. The van der Waals surface area contributed by atoms with Crippen LogP contribution < -0.4 is 5.73 Å². The van der Waals surface area contributed by atoms with Crippen molar-refractivity contribution < 1.29 is 18.8 Å². The van der Waals surface area contributed by atoms with Gasteiger partial charge in [-0.2, -0.15) is 0 Å². The van der Waals surface area contributed by atoms with E-state index in [0.717, 1.165) is 17.0 Å². The average Bonchev–Trinajstić information content (AvgIpc) is 2.34. The SMILES string of the molecule is CN(CC/C(N)=N/O)C(=O)c1c(F)cccc1F. The molecule has 0 aromatic heterocycles. The van der Waals surface area contributed by atoms with Crippen molar-refractivity contribution in [3.05, 3.63) is 35.4 Å². The highest BCUT2D eigenvalue weighted by Gasteiger charge is 2.20. The predicted octanol–water partition coefficient (Wildman–Crippen LogP) is 1.17. The maximum atomic E-state index is 13.4. The molecule has 0 saturated carbocycles. The standard InChI is InChI=1S/C11H13F2N3O2/c1-16(6-5-9(14)15-18)11(17)10-7(12)3-2-4-8(10)13/h2-4,18H,5-6H2,1H3,(H2,14,15). The molecule has 7 heteroatoms. The van der Waals surface area contributed by atoms with Crippen molar-refractivity contribution in [2.75, 3.05) is 13.6 Å². The first-order chi connectivity index (χ1) is 8.47. The van der Waals surface area contributed by atoms with Crippen LogP contribution in [0.25, 0.3) is 0 Å². The minimum Gasteiger partial charge on any atom is -0.409 e. The van der Waals surface area contributed by atoms with Gasteiger partial charge in [0.15, 0.2) is 0 Å². The summed E-state index contributed by atoms with van der Waals surface area (Å²) in [6.45, 7) is 0.0858. The van der Waals surface area contributed by atoms with E-state index in [0.29, 0.717) is 0 Å². The fourth-order valence-corrected chi connectivity index (χ4v) is 1.33. The van der Waals surface area contributed by atoms with Gasteiger partial charge in [-0.25, -0.2) is 8.78 Å². The smallest absolute Gasteiger partial charge is 0.259 e. The van der Waals surface area contributed by atoms with Crippen molar-refractivity contribution >= 4 is 11.7 Å². The van der Waals surface area contributed by atoms with Gasteiger partial charge in [-0.1, -0.05) is 11.2 Å². The number of benzene rings is 1. The van der Waals surface area contributed by atoms with Crippen molar-refractivity contribution in [3.8, 4) is 0 Å². The van der Waals surface area contributed by atoms with Crippen LogP contribution in [0.2, 0.25) is 0 Å². The summed E-state index contributed by atoms with van der Waals surface area (Å²) in [6.07, 6.45) is 0.106. The second kappa shape index (κ2) is 5.95. The number of carbonyl (C=O) groups is 1. The third-order valence-electron chi connectivity index (χ3n) is 2.36. The summed E-state index contributed by atoms with van der Waals surface area (Å²) in [4.78, 5) is 12.9. The van der Waals surface area contributed by atoms with E-state index in [1.165, 1.54) is 13.1 Å². The second-order valence-electron chi connectivity index (χ2n) is 3.66. The molecule has 0 spiro atoms. The Morgan fingerprint density at radius 2 is 2.00 bits per heavy atom. The third kappa shape index (κ3) is 3.16. The first-order valence-corrected chi connectivity index (χ1v) is 5.13. The molecular weight excluding hydrogens is 244 g/mol. The second-order valence-corrected chi connectivity index (χ2v) is 3.66. The quantitative estimate of drug-likeness (QED) is 0.368. The van der Waals surface area contributed by atoms with Crippen LogP contribution in [0.4, 0.5) is 8.78 Å². The van der Waals surface area contributed by atoms with E-state index >= 15 is 0 Å². The Labute approximate surface area is 102 Å². The van der Waals surface area contributed by atoms with E-state index in [4.69, 9.17) is 10.9 Å². The van der Waals surface area contributed by atoms with Crippen molar-refractivity contribution in [2.24, 2.45) is 10.9 Å². The Balaban J connectivity index is 2.81. The molecule has 3 N–H and O–H groups in total. The number of rotatable bonds is 4. The molecule has 1 rings (SSSR count). The largest absolute Gasteiger partial charge is 0.409 e. The van der Waals surface area contributed by atoms with Crippen LogP contribution in [0, 0.1) is 11.6 Å². The van der Waals surface area contributed by atoms with Crippen LogP contribution in [0.15, 0.2) is 23.4 Å². The van der Waals surface area contributed by atoms with Gasteiger partial charge >= 0.3 is 0 Å². The lowest BCUT2D eigenvalue weighted by Crippen LogP contribution is -2.31. The number of carbonyl (C=O) groups excluding carboxylic acids is 1. The molecule has 1 amide bonds. The lowest BCUT2D eigenvalue weighted by molar-refractivity contribution is 0.0789. The summed E-state index contributed by atoms with van der Waals surface area (Å²) in [7, 11) is 1.37. The minimum absolute atomic E-state index is 0.0661. The molecule has 18 heavy (non-hydrogen) atoms. The summed E-state index contributed by atoms with van der Waals surface area (Å²) >= 11 is 0. The maximum Gasteiger partial charge on any atom is 0.259 e. The Morgan fingerprint density at radius 1 is 1.44 bits per heavy atom. The molecule has 5 nitrogen and oxygen atoms in total. The number of oxime groups is 1. The van der Waals surface area contributed by atoms with Gasteiger partial charge in [-0.05, 0) is 12.1 Å². The molecule has 0 aliphatic carbocycles. The van der Waals surface area contributed by atoms with Crippen molar-refractivity contribution in [1.82, 2.24) is 4.90 Å². The van der Waals surface area contributed by atoms with Crippen LogP contribution in [0.5, 0.6) is 0 Å². The first-order valence-electron chi connectivity index (χ1n) is 5.13. The number of amidine groups is 1. The van der Waals surface area contributed by atoms with Gasteiger partial charge in [-0.15, -0.1) is 0 Å². The lowest BCUT2D eigenvalue weighted by Gasteiger charge is -2.17. The molecule has 0 fully saturated rings. The van der Waals surface area contributed by atoms with Crippen LogP contribution >= 0.6 is 0 Å². The molecule has 0 unspecified atom stereocenters. The number of nitrogens with two attached hydrogens (primary N) is 1. The molecule has 1 aromatic carbocycles. The average molecular weight is 257 g/mol. The normalized spacial score (nSPS) is 11.4. The summed E-state index contributed by atoms with van der Waals surface area (Å²) in [5, 5.41) is 11.1. The van der Waals surface area contributed by atoms with E-state index in [1.807, 2.05) is 0 Å². The summed E-state index contributed by atoms with van der Waals surface area (Å²) < 4.78 is 26.7. The molecule has 98 valence electrons. The van der Waals surface area contributed by atoms with Crippen LogP contribution in [-0.4, -0.2) is 35.4 Å². The van der Waals surface area contributed by atoms with Gasteiger partial charge in [0.1, 0.15) is 23.0 Å². The van der Waals surface area contributed by atoms with Gasteiger partial charge in [0, 0.05) is 20.0 Å². The zero-order valence-electron chi connectivity index (χ0n) is 9.73. The summed E-state index contributed by atoms with van der Waals surface area (Å²) in [6, 6.07) is 3.19.